The average Bonchev–Trinajstić information content (AvgIpc) is 3.68. The minimum absolute atomic E-state index is 0.0254. The van der Waals surface area contributed by atoms with E-state index in [1.54, 1.807) is 55.6 Å². The van der Waals surface area contributed by atoms with Gasteiger partial charge in [0.1, 0.15) is 17.1 Å². The van der Waals surface area contributed by atoms with Gasteiger partial charge in [0.15, 0.2) is 0 Å². The molecule has 0 aromatic heterocycles. The lowest BCUT2D eigenvalue weighted by atomic mass is 9.79. The number of hydrogen-bond acceptors (Lipinski definition) is 12. The topological polar surface area (TPSA) is 175 Å². The van der Waals surface area contributed by atoms with Gasteiger partial charge in [-0.3, -0.25) is 19.2 Å². The Bertz CT molecular complexity index is 1810. The van der Waals surface area contributed by atoms with Crippen molar-refractivity contribution in [3.8, 4) is 11.5 Å². The largest absolute Gasteiger partial charge is 0.497 e. The molecule has 1 N–H and O–H groups in total. The van der Waals surface area contributed by atoms with Gasteiger partial charge in [0.05, 0.1) is 32.2 Å². The number of imide groups is 2. The van der Waals surface area contributed by atoms with E-state index in [9.17, 15) is 33.9 Å². The molecule has 0 spiro atoms. The maximum atomic E-state index is 12.5. The van der Waals surface area contributed by atoms with Gasteiger partial charge < -0.3 is 29.0 Å². The lowest BCUT2D eigenvalue weighted by molar-refractivity contribution is -0.197. The minimum Gasteiger partial charge on any atom is -0.497 e. The molecule has 0 aliphatic carbocycles. The highest BCUT2D eigenvalue weighted by molar-refractivity contribution is 6.02. The van der Waals surface area contributed by atoms with Gasteiger partial charge in [0, 0.05) is 32.3 Å². The lowest BCUT2D eigenvalue weighted by Gasteiger charge is -2.33. The van der Waals surface area contributed by atoms with Gasteiger partial charge in [0.2, 0.25) is 0 Å². The van der Waals surface area contributed by atoms with E-state index in [1.807, 2.05) is 38.1 Å². The highest BCUT2D eigenvalue weighted by atomic mass is 16.7. The predicted octanol–water partition coefficient (Wildman–Crippen LogP) is 4.77. The smallest absolute Gasteiger partial charge is 0.333 e. The number of ether oxygens (including phenoxy) is 3. The van der Waals surface area contributed by atoms with Crippen LogP contribution in [0.1, 0.15) is 93.9 Å². The first-order valence-corrected chi connectivity index (χ1v) is 17.9. The van der Waals surface area contributed by atoms with Gasteiger partial charge in [-0.2, -0.15) is 0 Å². The molecule has 2 fully saturated rings. The normalized spacial score (nSPS) is 16.6. The molecule has 286 valence electrons. The van der Waals surface area contributed by atoms with Crippen molar-refractivity contribution < 1.29 is 57.8 Å². The second kappa shape index (κ2) is 17.5. The molecule has 2 atom stereocenters. The summed E-state index contributed by atoms with van der Waals surface area (Å²) in [5.74, 6) is -2.37. The monoisotopic (exact) mass is 744 g/mol. The fourth-order valence-electron chi connectivity index (χ4n) is 6.11. The van der Waals surface area contributed by atoms with Crippen molar-refractivity contribution in [3.05, 3.63) is 95.1 Å². The average molecular weight is 745 g/mol. The molecular weight excluding hydrogens is 700 g/mol. The summed E-state index contributed by atoms with van der Waals surface area (Å²) in [6, 6.07) is 21.5. The maximum Gasteiger partial charge on any atom is 0.333 e. The molecule has 2 heterocycles. The fraction of sp³-hybridized carbons (Fsp3) is 0.400. The van der Waals surface area contributed by atoms with Crippen LogP contribution in [0.2, 0.25) is 0 Å². The number of nitrogens with zero attached hydrogens (tertiary/aromatic N) is 2. The van der Waals surface area contributed by atoms with Crippen molar-refractivity contribution >= 4 is 35.6 Å². The molecule has 1 unspecified atom stereocenters. The molecule has 0 bridgehead atoms. The van der Waals surface area contributed by atoms with Crippen LogP contribution in [-0.2, 0) is 54.4 Å². The van der Waals surface area contributed by atoms with Gasteiger partial charge in [0.25, 0.3) is 23.6 Å². The zero-order chi connectivity index (χ0) is 38.9. The van der Waals surface area contributed by atoms with E-state index in [0.29, 0.717) is 51.2 Å². The third-order valence-corrected chi connectivity index (χ3v) is 9.51. The first-order chi connectivity index (χ1) is 25.9. The summed E-state index contributed by atoms with van der Waals surface area (Å²) in [5.41, 5.74) is 0.297. The molecule has 2 saturated heterocycles. The van der Waals surface area contributed by atoms with E-state index >= 15 is 0 Å². The number of hydrogen-bond donors (Lipinski definition) is 1. The summed E-state index contributed by atoms with van der Waals surface area (Å²) in [7, 11) is 1.56. The number of carbonyl (C=O) groups is 6. The quantitative estimate of drug-likeness (QED) is 0.107. The Hall–Kier alpha value is -5.60. The van der Waals surface area contributed by atoms with Crippen molar-refractivity contribution in [2.75, 3.05) is 20.3 Å². The third kappa shape index (κ3) is 9.12. The van der Waals surface area contributed by atoms with Gasteiger partial charge in [-0.05, 0) is 72.7 Å². The molecule has 3 aromatic rings. The Morgan fingerprint density at radius 3 is 1.44 bits per heavy atom. The van der Waals surface area contributed by atoms with E-state index in [0.717, 1.165) is 5.56 Å². The van der Waals surface area contributed by atoms with E-state index in [4.69, 9.17) is 23.9 Å². The van der Waals surface area contributed by atoms with Crippen LogP contribution in [0.5, 0.6) is 11.5 Å². The van der Waals surface area contributed by atoms with E-state index in [1.165, 1.54) is 0 Å². The van der Waals surface area contributed by atoms with Crippen LogP contribution in [0.25, 0.3) is 0 Å². The molecule has 14 nitrogen and oxygen atoms in total. The molecule has 3 aromatic carbocycles. The molecular formula is C40H44N2O12. The van der Waals surface area contributed by atoms with Crippen LogP contribution in [0.3, 0.4) is 0 Å². The minimum atomic E-state index is -1.58. The van der Waals surface area contributed by atoms with Gasteiger partial charge in [-0.1, -0.05) is 55.5 Å². The zero-order valence-electron chi connectivity index (χ0n) is 30.5. The summed E-state index contributed by atoms with van der Waals surface area (Å²) in [6.07, 6.45) is 1.23. The van der Waals surface area contributed by atoms with Crippen LogP contribution in [-0.4, -0.2) is 71.1 Å². The number of methoxy groups -OCH3 is 1. The van der Waals surface area contributed by atoms with Crippen LogP contribution in [0.15, 0.2) is 72.8 Å². The van der Waals surface area contributed by atoms with E-state index < -0.39 is 46.8 Å². The van der Waals surface area contributed by atoms with Crippen molar-refractivity contribution in [2.24, 2.45) is 0 Å². The first-order valence-electron chi connectivity index (χ1n) is 17.9. The molecule has 0 saturated carbocycles. The van der Waals surface area contributed by atoms with Crippen LogP contribution < -0.4 is 9.47 Å². The number of aliphatic hydroxyl groups is 1. The molecule has 14 heteroatoms. The molecule has 2 aliphatic rings. The molecule has 0 radical (unpaired) electrons. The third-order valence-electron chi connectivity index (χ3n) is 9.51. The number of hydroxylamine groups is 4. The number of benzene rings is 3. The first kappa shape index (κ1) is 39.6. The Morgan fingerprint density at radius 2 is 1.02 bits per heavy atom. The van der Waals surface area contributed by atoms with Crippen LogP contribution >= 0.6 is 0 Å². The zero-order valence-corrected chi connectivity index (χ0v) is 30.5. The van der Waals surface area contributed by atoms with Crippen molar-refractivity contribution in [1.29, 1.82) is 0 Å². The summed E-state index contributed by atoms with van der Waals surface area (Å²) in [6.45, 7) is 4.31. The number of rotatable bonds is 18. The summed E-state index contributed by atoms with van der Waals surface area (Å²) >= 11 is 0. The standard InChI is InChI=1S/C40H44N2O12/c1-4-39(2,52-26-6-8-38(48)54-42-35(45)23-24-36(42)46)27-9-11-28(12-10-27)40(49,29-13-17-31(50-3)18-14-29)30-15-19-32(20-16-30)51-25-5-7-37(47)53-41-33(43)21-22-34(41)44/h9-20,49H,4-8,21-26H2,1-3H3/t39-,40?/m0/s1. The molecule has 4 amide bonds. The molecule has 54 heavy (non-hydrogen) atoms. The van der Waals surface area contributed by atoms with Crippen molar-refractivity contribution in [2.45, 2.75) is 82.8 Å². The lowest BCUT2D eigenvalue weighted by Crippen LogP contribution is -2.32. The second-order valence-corrected chi connectivity index (χ2v) is 13.1. The van der Waals surface area contributed by atoms with Crippen LogP contribution in [0.4, 0.5) is 0 Å². The highest BCUT2D eigenvalue weighted by Crippen LogP contribution is 2.39. The summed E-state index contributed by atoms with van der Waals surface area (Å²) in [5, 5.41) is 13.6. The van der Waals surface area contributed by atoms with Crippen LogP contribution in [0, 0.1) is 0 Å². The predicted molar refractivity (Wildman–Crippen MR) is 190 cm³/mol. The van der Waals surface area contributed by atoms with Gasteiger partial charge >= 0.3 is 11.9 Å². The van der Waals surface area contributed by atoms with E-state index in [-0.39, 0.29) is 58.2 Å². The Morgan fingerprint density at radius 1 is 0.630 bits per heavy atom. The summed E-state index contributed by atoms with van der Waals surface area (Å²) < 4.78 is 17.4. The Kier molecular flexibility index (Phi) is 12.8. The second-order valence-electron chi connectivity index (χ2n) is 13.1. The maximum absolute atomic E-state index is 12.5. The fourth-order valence-corrected chi connectivity index (χ4v) is 6.11. The van der Waals surface area contributed by atoms with Crippen molar-refractivity contribution in [1.82, 2.24) is 10.1 Å². The highest BCUT2D eigenvalue weighted by Gasteiger charge is 2.36. The summed E-state index contributed by atoms with van der Waals surface area (Å²) in [4.78, 5) is 81.0. The molecule has 5 rings (SSSR count). The Labute approximate surface area is 312 Å². The number of carbonyl (C=O) groups excluding carboxylic acids is 6. The Balaban J connectivity index is 1.23. The SMILES string of the molecule is CC[C@](C)(OCCCC(=O)ON1C(=O)CCC1=O)c1ccc(C(O)(c2ccc(OC)cc2)c2ccc(OCCCC(=O)ON3C(=O)CCC3=O)cc2)cc1. The van der Waals surface area contributed by atoms with Gasteiger partial charge in [-0.15, -0.1) is 10.1 Å². The number of amides is 4. The molecule has 2 aliphatic heterocycles. The van der Waals surface area contributed by atoms with Crippen molar-refractivity contribution in [3.63, 3.8) is 0 Å². The van der Waals surface area contributed by atoms with Gasteiger partial charge in [-0.25, -0.2) is 9.59 Å². The van der Waals surface area contributed by atoms with E-state index in [2.05, 4.69) is 0 Å².